The van der Waals surface area contributed by atoms with Gasteiger partial charge in [0.1, 0.15) is 0 Å². The van der Waals surface area contributed by atoms with Gasteiger partial charge in [-0.3, -0.25) is 4.79 Å². The molecule has 0 amide bonds. The third kappa shape index (κ3) is 2.08. The zero-order valence-electron chi connectivity index (χ0n) is 11.0. The van der Waals surface area contributed by atoms with Crippen molar-refractivity contribution in [1.29, 1.82) is 0 Å². The second-order valence-corrected chi connectivity index (χ2v) is 5.75. The van der Waals surface area contributed by atoms with Crippen molar-refractivity contribution in [2.75, 3.05) is 5.73 Å². The first kappa shape index (κ1) is 12.4. The molecule has 0 bridgehead atoms. The standard InChI is InChI=1S/C14H17N3OS/c1-2-17-12-6-4-3-5-9(12)7-10(13(17)18)11-8-19-14(15)16-11/h7-8H,2-6H2,1H3,(H2,15,16). The van der Waals surface area contributed by atoms with E-state index in [0.29, 0.717) is 22.9 Å². The number of hydrogen-bond donors (Lipinski definition) is 1. The molecule has 5 heteroatoms. The van der Waals surface area contributed by atoms with Crippen LogP contribution in [0.1, 0.15) is 31.0 Å². The van der Waals surface area contributed by atoms with Gasteiger partial charge in [-0.15, -0.1) is 11.3 Å². The predicted molar refractivity (Wildman–Crippen MR) is 78.5 cm³/mol. The second-order valence-electron chi connectivity index (χ2n) is 4.86. The Labute approximate surface area is 115 Å². The highest BCUT2D eigenvalue weighted by Gasteiger charge is 2.18. The Kier molecular flexibility index (Phi) is 3.14. The van der Waals surface area contributed by atoms with E-state index in [1.54, 1.807) is 0 Å². The van der Waals surface area contributed by atoms with E-state index < -0.39 is 0 Å². The van der Waals surface area contributed by atoms with Crippen LogP contribution in [-0.2, 0) is 19.4 Å². The number of thiazole rings is 1. The Balaban J connectivity index is 2.23. The smallest absolute Gasteiger partial charge is 0.260 e. The lowest BCUT2D eigenvalue weighted by atomic mass is 9.94. The van der Waals surface area contributed by atoms with Crippen LogP contribution in [0.4, 0.5) is 5.13 Å². The van der Waals surface area contributed by atoms with Gasteiger partial charge < -0.3 is 10.3 Å². The summed E-state index contributed by atoms with van der Waals surface area (Å²) in [6.45, 7) is 2.74. The fourth-order valence-corrected chi connectivity index (χ4v) is 3.37. The molecule has 2 heterocycles. The quantitative estimate of drug-likeness (QED) is 0.915. The average molecular weight is 275 g/mol. The van der Waals surface area contributed by atoms with Crippen molar-refractivity contribution < 1.29 is 0 Å². The van der Waals surface area contributed by atoms with E-state index in [9.17, 15) is 4.79 Å². The normalized spacial score (nSPS) is 14.4. The van der Waals surface area contributed by atoms with Crippen LogP contribution in [0.3, 0.4) is 0 Å². The number of nitrogens with two attached hydrogens (primary N) is 1. The maximum absolute atomic E-state index is 12.6. The highest BCUT2D eigenvalue weighted by Crippen LogP contribution is 2.26. The average Bonchev–Trinajstić information content (AvgIpc) is 2.84. The summed E-state index contributed by atoms with van der Waals surface area (Å²) in [5.41, 5.74) is 9.65. The number of nitrogens with zero attached hydrogens (tertiary/aromatic N) is 2. The second kappa shape index (κ2) is 4.81. The van der Waals surface area contributed by atoms with E-state index in [0.717, 1.165) is 12.8 Å². The molecule has 0 unspecified atom stereocenters. The highest BCUT2D eigenvalue weighted by atomic mass is 32.1. The molecule has 2 aromatic heterocycles. The highest BCUT2D eigenvalue weighted by molar-refractivity contribution is 7.13. The van der Waals surface area contributed by atoms with Crippen LogP contribution in [0.5, 0.6) is 0 Å². The Morgan fingerprint density at radius 1 is 1.42 bits per heavy atom. The predicted octanol–water partition coefficient (Wildman–Crippen LogP) is 2.45. The molecule has 1 aliphatic rings. The molecule has 0 spiro atoms. The molecule has 1 aliphatic carbocycles. The van der Waals surface area contributed by atoms with Gasteiger partial charge in [0, 0.05) is 17.6 Å². The van der Waals surface area contributed by atoms with Crippen LogP contribution >= 0.6 is 11.3 Å². The molecule has 3 rings (SSSR count). The minimum atomic E-state index is 0.0634. The summed E-state index contributed by atoms with van der Waals surface area (Å²) in [5.74, 6) is 0. The Morgan fingerprint density at radius 3 is 2.89 bits per heavy atom. The summed E-state index contributed by atoms with van der Waals surface area (Å²) in [5, 5.41) is 2.37. The first-order valence-electron chi connectivity index (χ1n) is 6.67. The van der Waals surface area contributed by atoms with Crippen molar-refractivity contribution in [2.45, 2.75) is 39.2 Å². The molecular weight excluding hydrogens is 258 g/mol. The van der Waals surface area contributed by atoms with Gasteiger partial charge in [0.25, 0.3) is 5.56 Å². The van der Waals surface area contributed by atoms with Gasteiger partial charge >= 0.3 is 0 Å². The fraction of sp³-hybridized carbons (Fsp3) is 0.429. The molecule has 0 radical (unpaired) electrons. The van der Waals surface area contributed by atoms with Crippen molar-refractivity contribution in [2.24, 2.45) is 0 Å². The number of hydrogen-bond acceptors (Lipinski definition) is 4. The van der Waals surface area contributed by atoms with Gasteiger partial charge in [0.05, 0.1) is 11.3 Å². The number of anilines is 1. The third-order valence-corrected chi connectivity index (χ3v) is 4.39. The molecule has 0 saturated carbocycles. The van der Waals surface area contributed by atoms with Crippen molar-refractivity contribution in [1.82, 2.24) is 9.55 Å². The molecule has 2 N–H and O–H groups in total. The molecule has 0 fully saturated rings. The van der Waals surface area contributed by atoms with E-state index in [1.165, 1.54) is 35.4 Å². The van der Waals surface area contributed by atoms with Gasteiger partial charge in [0.15, 0.2) is 5.13 Å². The van der Waals surface area contributed by atoms with Crippen molar-refractivity contribution in [3.05, 3.63) is 33.1 Å². The van der Waals surface area contributed by atoms with Gasteiger partial charge in [-0.1, -0.05) is 0 Å². The lowest BCUT2D eigenvalue weighted by Gasteiger charge is -2.21. The lowest BCUT2D eigenvalue weighted by Crippen LogP contribution is -2.27. The van der Waals surface area contributed by atoms with Gasteiger partial charge in [-0.05, 0) is 44.2 Å². The molecule has 2 aromatic rings. The number of fused-ring (bicyclic) bond motifs is 1. The fourth-order valence-electron chi connectivity index (χ4n) is 2.81. The van der Waals surface area contributed by atoms with E-state index in [4.69, 9.17) is 5.73 Å². The minimum Gasteiger partial charge on any atom is -0.375 e. The van der Waals surface area contributed by atoms with Crippen LogP contribution in [0.25, 0.3) is 11.3 Å². The lowest BCUT2D eigenvalue weighted by molar-refractivity contribution is 0.592. The van der Waals surface area contributed by atoms with Crippen LogP contribution in [0, 0.1) is 0 Å². The topological polar surface area (TPSA) is 60.9 Å². The van der Waals surface area contributed by atoms with Crippen molar-refractivity contribution in [3.63, 3.8) is 0 Å². The molecule has 0 aromatic carbocycles. The van der Waals surface area contributed by atoms with Crippen LogP contribution in [0.15, 0.2) is 16.2 Å². The van der Waals surface area contributed by atoms with E-state index in [2.05, 4.69) is 4.98 Å². The van der Waals surface area contributed by atoms with Crippen molar-refractivity contribution >= 4 is 16.5 Å². The first-order chi connectivity index (χ1) is 9.20. The Bertz CT molecular complexity index is 672. The summed E-state index contributed by atoms with van der Waals surface area (Å²) >= 11 is 1.38. The molecule has 4 nitrogen and oxygen atoms in total. The van der Waals surface area contributed by atoms with E-state index >= 15 is 0 Å². The van der Waals surface area contributed by atoms with E-state index in [1.807, 2.05) is 22.9 Å². The maximum atomic E-state index is 12.6. The zero-order valence-corrected chi connectivity index (χ0v) is 11.8. The summed E-state index contributed by atoms with van der Waals surface area (Å²) in [7, 11) is 0. The maximum Gasteiger partial charge on any atom is 0.260 e. The molecule has 0 aliphatic heterocycles. The number of pyridine rings is 1. The number of aromatic nitrogens is 2. The van der Waals surface area contributed by atoms with Gasteiger partial charge in [0.2, 0.25) is 0 Å². The summed E-state index contributed by atoms with van der Waals surface area (Å²) in [6.07, 6.45) is 4.45. The first-order valence-corrected chi connectivity index (χ1v) is 7.55. The molecule has 0 atom stereocenters. The molecule has 0 saturated heterocycles. The third-order valence-electron chi connectivity index (χ3n) is 3.71. The van der Waals surface area contributed by atoms with Crippen LogP contribution in [0.2, 0.25) is 0 Å². The van der Waals surface area contributed by atoms with Gasteiger partial charge in [-0.25, -0.2) is 4.98 Å². The zero-order chi connectivity index (χ0) is 13.4. The monoisotopic (exact) mass is 275 g/mol. The number of nitrogen functional groups attached to an aromatic ring is 1. The van der Waals surface area contributed by atoms with Crippen LogP contribution < -0.4 is 11.3 Å². The Morgan fingerprint density at radius 2 is 2.21 bits per heavy atom. The summed E-state index contributed by atoms with van der Waals surface area (Å²) < 4.78 is 1.90. The van der Waals surface area contributed by atoms with Gasteiger partial charge in [-0.2, -0.15) is 0 Å². The molecular formula is C14H17N3OS. The Hall–Kier alpha value is -1.62. The summed E-state index contributed by atoms with van der Waals surface area (Å²) in [4.78, 5) is 16.8. The van der Waals surface area contributed by atoms with Crippen molar-refractivity contribution in [3.8, 4) is 11.3 Å². The molecule has 19 heavy (non-hydrogen) atoms. The largest absolute Gasteiger partial charge is 0.375 e. The number of rotatable bonds is 2. The minimum absolute atomic E-state index is 0.0634. The SMILES string of the molecule is CCn1c2c(cc(-c3csc(N)n3)c1=O)CCCC2. The van der Waals surface area contributed by atoms with Crippen LogP contribution in [-0.4, -0.2) is 9.55 Å². The summed E-state index contributed by atoms with van der Waals surface area (Å²) in [6, 6.07) is 2.03. The number of aryl methyl sites for hydroxylation is 1. The molecule has 100 valence electrons. The van der Waals surface area contributed by atoms with E-state index in [-0.39, 0.29) is 5.56 Å².